The Morgan fingerprint density at radius 2 is 2.13 bits per heavy atom. The molecule has 0 radical (unpaired) electrons. The molecule has 2 heterocycles. The maximum atomic E-state index is 13.5. The van der Waals surface area contributed by atoms with E-state index < -0.39 is 12.0 Å². The Kier molecular flexibility index (Phi) is 4.06. The quantitative estimate of drug-likeness (QED) is 0.946. The molecular weight excluding hydrogens is 297 g/mol. The lowest BCUT2D eigenvalue weighted by Crippen LogP contribution is -2.30. The van der Waals surface area contributed by atoms with Gasteiger partial charge < -0.3 is 10.2 Å². The number of benzene rings is 1. The third kappa shape index (κ3) is 3.06. The third-order valence-electron chi connectivity index (χ3n) is 4.03. The molecule has 0 unspecified atom stereocenters. The van der Waals surface area contributed by atoms with Crippen molar-refractivity contribution in [3.8, 4) is 0 Å². The summed E-state index contributed by atoms with van der Waals surface area (Å²) >= 11 is 0. The van der Waals surface area contributed by atoms with Gasteiger partial charge in [0.05, 0.1) is 12.0 Å². The second kappa shape index (κ2) is 6.16. The van der Waals surface area contributed by atoms with E-state index in [-0.39, 0.29) is 24.1 Å². The summed E-state index contributed by atoms with van der Waals surface area (Å²) in [6, 6.07) is 10.7. The summed E-state index contributed by atoms with van der Waals surface area (Å²) in [6.07, 6.45) is 1.67. The van der Waals surface area contributed by atoms with Crippen LogP contribution in [-0.2, 0) is 9.59 Å². The minimum absolute atomic E-state index is 0.0936. The van der Waals surface area contributed by atoms with Crippen LogP contribution in [0.3, 0.4) is 0 Å². The number of rotatable bonds is 3. The molecule has 2 aromatic rings. The van der Waals surface area contributed by atoms with Gasteiger partial charge in [0.15, 0.2) is 0 Å². The van der Waals surface area contributed by atoms with Crippen LogP contribution in [0, 0.1) is 11.7 Å². The van der Waals surface area contributed by atoms with Crippen molar-refractivity contribution in [2.75, 3.05) is 12.4 Å². The summed E-state index contributed by atoms with van der Waals surface area (Å²) in [4.78, 5) is 30.1. The molecule has 2 amide bonds. The molecule has 118 valence electrons. The number of likely N-dealkylation sites (tertiary alicyclic amines) is 1. The van der Waals surface area contributed by atoms with E-state index in [2.05, 4.69) is 10.3 Å². The zero-order valence-corrected chi connectivity index (χ0v) is 12.6. The first-order valence-electron chi connectivity index (χ1n) is 7.29. The SMILES string of the molecule is CN1C(=O)C[C@H](C(=O)Nc2ccccn2)[C@@H]1c1cccc(F)c1. The molecule has 3 rings (SSSR count). The number of nitrogens with one attached hydrogen (secondary N) is 1. The number of hydrogen-bond acceptors (Lipinski definition) is 3. The monoisotopic (exact) mass is 313 g/mol. The van der Waals surface area contributed by atoms with Crippen molar-refractivity contribution < 1.29 is 14.0 Å². The molecule has 0 spiro atoms. The van der Waals surface area contributed by atoms with Gasteiger partial charge in [-0.25, -0.2) is 9.37 Å². The van der Waals surface area contributed by atoms with Crippen molar-refractivity contribution in [1.29, 1.82) is 0 Å². The number of aromatic nitrogens is 1. The van der Waals surface area contributed by atoms with Gasteiger partial charge in [-0.3, -0.25) is 9.59 Å². The molecule has 0 bridgehead atoms. The van der Waals surface area contributed by atoms with Gasteiger partial charge in [-0.15, -0.1) is 0 Å². The summed E-state index contributed by atoms with van der Waals surface area (Å²) < 4.78 is 13.5. The smallest absolute Gasteiger partial charge is 0.231 e. The fraction of sp³-hybridized carbons (Fsp3) is 0.235. The molecule has 1 fully saturated rings. The molecule has 0 saturated carbocycles. The zero-order chi connectivity index (χ0) is 16.4. The van der Waals surface area contributed by atoms with Gasteiger partial charge in [0.1, 0.15) is 11.6 Å². The zero-order valence-electron chi connectivity index (χ0n) is 12.6. The van der Waals surface area contributed by atoms with Gasteiger partial charge in [0.2, 0.25) is 11.8 Å². The minimum Gasteiger partial charge on any atom is -0.338 e. The lowest BCUT2D eigenvalue weighted by atomic mass is 9.93. The van der Waals surface area contributed by atoms with Crippen LogP contribution in [0.2, 0.25) is 0 Å². The molecule has 5 nitrogen and oxygen atoms in total. The first-order chi connectivity index (χ1) is 11.1. The van der Waals surface area contributed by atoms with Crippen LogP contribution in [0.1, 0.15) is 18.0 Å². The maximum Gasteiger partial charge on any atom is 0.231 e. The number of halogens is 1. The van der Waals surface area contributed by atoms with E-state index in [9.17, 15) is 14.0 Å². The highest BCUT2D eigenvalue weighted by Gasteiger charge is 2.42. The third-order valence-corrected chi connectivity index (χ3v) is 4.03. The molecule has 2 atom stereocenters. The lowest BCUT2D eigenvalue weighted by Gasteiger charge is -2.24. The number of amides is 2. The normalized spacial score (nSPS) is 20.6. The van der Waals surface area contributed by atoms with Crippen LogP contribution in [0.4, 0.5) is 10.2 Å². The second-order valence-corrected chi connectivity index (χ2v) is 5.52. The Labute approximate surface area is 133 Å². The number of anilines is 1. The molecule has 1 aliphatic rings. The number of nitrogens with zero attached hydrogens (tertiary/aromatic N) is 2. The van der Waals surface area contributed by atoms with Gasteiger partial charge in [-0.2, -0.15) is 0 Å². The summed E-state index contributed by atoms with van der Waals surface area (Å²) in [5, 5.41) is 2.72. The van der Waals surface area contributed by atoms with Gasteiger partial charge >= 0.3 is 0 Å². The Bertz CT molecular complexity index is 736. The molecule has 1 saturated heterocycles. The highest BCUT2D eigenvalue weighted by Crippen LogP contribution is 2.37. The van der Waals surface area contributed by atoms with Crippen LogP contribution in [-0.4, -0.2) is 28.7 Å². The van der Waals surface area contributed by atoms with Crippen LogP contribution in [0.25, 0.3) is 0 Å². The highest BCUT2D eigenvalue weighted by atomic mass is 19.1. The molecule has 23 heavy (non-hydrogen) atoms. The maximum absolute atomic E-state index is 13.5. The fourth-order valence-corrected chi connectivity index (χ4v) is 2.91. The average molecular weight is 313 g/mol. The summed E-state index contributed by atoms with van der Waals surface area (Å²) in [7, 11) is 1.63. The molecule has 1 aromatic carbocycles. The van der Waals surface area contributed by atoms with Crippen molar-refractivity contribution in [3.05, 3.63) is 60.0 Å². The Morgan fingerprint density at radius 1 is 1.30 bits per heavy atom. The van der Waals surface area contributed by atoms with Gasteiger partial charge in [-0.05, 0) is 29.8 Å². The van der Waals surface area contributed by atoms with Crippen LogP contribution < -0.4 is 5.32 Å². The number of hydrogen-bond donors (Lipinski definition) is 1. The minimum atomic E-state index is -0.587. The molecule has 1 aliphatic heterocycles. The number of pyridine rings is 1. The fourth-order valence-electron chi connectivity index (χ4n) is 2.91. The predicted molar refractivity (Wildman–Crippen MR) is 82.9 cm³/mol. The molecule has 0 aliphatic carbocycles. The van der Waals surface area contributed by atoms with Gasteiger partial charge in [0, 0.05) is 19.7 Å². The largest absolute Gasteiger partial charge is 0.338 e. The Balaban J connectivity index is 1.87. The van der Waals surface area contributed by atoms with Crippen molar-refractivity contribution in [2.45, 2.75) is 12.5 Å². The van der Waals surface area contributed by atoms with Crippen LogP contribution in [0.15, 0.2) is 48.7 Å². The van der Waals surface area contributed by atoms with E-state index in [1.165, 1.54) is 17.0 Å². The van der Waals surface area contributed by atoms with E-state index in [4.69, 9.17) is 0 Å². The summed E-state index contributed by atoms with van der Waals surface area (Å²) in [6.45, 7) is 0. The van der Waals surface area contributed by atoms with Crippen molar-refractivity contribution >= 4 is 17.6 Å². The molecule has 1 N–H and O–H groups in total. The van der Waals surface area contributed by atoms with E-state index in [1.807, 2.05) is 0 Å². The lowest BCUT2D eigenvalue weighted by molar-refractivity contribution is -0.128. The van der Waals surface area contributed by atoms with Crippen molar-refractivity contribution in [3.63, 3.8) is 0 Å². The summed E-state index contributed by atoms with van der Waals surface area (Å²) in [5.74, 6) is -0.982. The number of carbonyl (C=O) groups is 2. The molecule has 6 heteroatoms. The Hall–Kier alpha value is -2.76. The standard InChI is InChI=1S/C17H16FN3O2/c1-21-15(22)10-13(16(21)11-5-4-6-12(18)9-11)17(23)20-14-7-2-3-8-19-14/h2-9,13,16H,10H2,1H3,(H,19,20,23)/t13-,16-/m0/s1. The Morgan fingerprint density at radius 3 is 2.83 bits per heavy atom. The predicted octanol–water partition coefficient (Wildman–Crippen LogP) is 2.38. The van der Waals surface area contributed by atoms with Crippen molar-refractivity contribution in [2.24, 2.45) is 5.92 Å². The number of carbonyl (C=O) groups excluding carboxylic acids is 2. The molecule has 1 aromatic heterocycles. The second-order valence-electron chi connectivity index (χ2n) is 5.52. The first-order valence-corrected chi connectivity index (χ1v) is 7.29. The average Bonchev–Trinajstić information content (AvgIpc) is 2.84. The van der Waals surface area contributed by atoms with E-state index >= 15 is 0 Å². The van der Waals surface area contributed by atoms with E-state index in [1.54, 1.807) is 43.6 Å². The van der Waals surface area contributed by atoms with E-state index in [0.717, 1.165) is 0 Å². The van der Waals surface area contributed by atoms with Crippen molar-refractivity contribution in [1.82, 2.24) is 9.88 Å². The molecular formula is C17H16FN3O2. The first kappa shape index (κ1) is 15.1. The topological polar surface area (TPSA) is 62.3 Å². The van der Waals surface area contributed by atoms with Crippen LogP contribution in [0.5, 0.6) is 0 Å². The summed E-state index contributed by atoms with van der Waals surface area (Å²) in [5.41, 5.74) is 0.611. The van der Waals surface area contributed by atoms with Gasteiger partial charge in [0.25, 0.3) is 0 Å². The van der Waals surface area contributed by atoms with Gasteiger partial charge in [-0.1, -0.05) is 18.2 Å². The highest BCUT2D eigenvalue weighted by molar-refractivity contribution is 5.97. The van der Waals surface area contributed by atoms with Crippen LogP contribution >= 0.6 is 0 Å². The van der Waals surface area contributed by atoms with E-state index in [0.29, 0.717) is 11.4 Å².